The van der Waals surface area contributed by atoms with E-state index in [2.05, 4.69) is 0 Å². The predicted molar refractivity (Wildman–Crippen MR) is 105 cm³/mol. The van der Waals surface area contributed by atoms with Gasteiger partial charge in [-0.05, 0) is 60.2 Å². The molecule has 0 atom stereocenters. The molecule has 3 aromatic rings. The van der Waals surface area contributed by atoms with Gasteiger partial charge in [0.15, 0.2) is 0 Å². The van der Waals surface area contributed by atoms with Gasteiger partial charge in [-0.15, -0.1) is 11.3 Å². The minimum absolute atomic E-state index is 0.186. The van der Waals surface area contributed by atoms with E-state index in [1.54, 1.807) is 30.0 Å². The van der Waals surface area contributed by atoms with E-state index in [0.29, 0.717) is 5.02 Å². The zero-order valence-corrected chi connectivity index (χ0v) is 16.0. The van der Waals surface area contributed by atoms with Crippen LogP contribution in [-0.2, 0) is 6.18 Å². The fourth-order valence-electron chi connectivity index (χ4n) is 2.27. The second-order valence-corrected chi connectivity index (χ2v) is 8.39. The Labute approximate surface area is 167 Å². The van der Waals surface area contributed by atoms with E-state index in [9.17, 15) is 18.4 Å². The van der Waals surface area contributed by atoms with Crippen molar-refractivity contribution in [2.75, 3.05) is 0 Å². The van der Waals surface area contributed by atoms with E-state index in [0.717, 1.165) is 26.1 Å². The number of rotatable bonds is 4. The van der Waals surface area contributed by atoms with Gasteiger partial charge in [-0.2, -0.15) is 18.4 Å². The minimum atomic E-state index is -4.44. The highest BCUT2D eigenvalue weighted by Gasteiger charge is 2.30. The summed E-state index contributed by atoms with van der Waals surface area (Å²) in [5, 5.41) is 10.1. The van der Waals surface area contributed by atoms with Gasteiger partial charge in [0.05, 0.1) is 21.4 Å². The van der Waals surface area contributed by atoms with Crippen LogP contribution in [0.4, 0.5) is 13.2 Å². The van der Waals surface area contributed by atoms with Crippen LogP contribution in [0.25, 0.3) is 11.6 Å². The topological polar surface area (TPSA) is 23.8 Å². The molecule has 0 bridgehead atoms. The SMILES string of the molecule is N#C/C(=C/c1ccc(Sc2ccc(Cl)cc2)s1)c1cccc(C(F)(F)F)c1. The van der Waals surface area contributed by atoms with E-state index in [1.165, 1.54) is 23.5 Å². The van der Waals surface area contributed by atoms with Crippen LogP contribution in [0.2, 0.25) is 5.02 Å². The standard InChI is InChI=1S/C20H11ClF3NS2/c21-16-4-6-17(7-5-16)26-19-9-8-18(27-19)11-14(12-25)13-2-1-3-15(10-13)20(22,23)24/h1-11H/b14-11-. The molecule has 0 radical (unpaired) electrons. The summed E-state index contributed by atoms with van der Waals surface area (Å²) >= 11 is 8.89. The average molecular weight is 422 g/mol. The Kier molecular flexibility index (Phi) is 5.95. The first-order chi connectivity index (χ1) is 12.8. The van der Waals surface area contributed by atoms with E-state index in [-0.39, 0.29) is 11.1 Å². The van der Waals surface area contributed by atoms with Crippen LogP contribution in [0.1, 0.15) is 16.0 Å². The molecule has 3 rings (SSSR count). The van der Waals surface area contributed by atoms with Crippen molar-refractivity contribution in [2.24, 2.45) is 0 Å². The van der Waals surface area contributed by atoms with E-state index in [4.69, 9.17) is 11.6 Å². The summed E-state index contributed by atoms with van der Waals surface area (Å²) in [6.45, 7) is 0. The fourth-order valence-corrected chi connectivity index (χ4v) is 4.46. The quantitative estimate of drug-likeness (QED) is 0.404. The van der Waals surface area contributed by atoms with E-state index >= 15 is 0 Å². The largest absolute Gasteiger partial charge is 0.416 e. The molecule has 7 heteroatoms. The number of nitrogens with zero attached hydrogens (tertiary/aromatic N) is 1. The number of allylic oxidation sites excluding steroid dienone is 1. The molecule has 0 saturated heterocycles. The van der Waals surface area contributed by atoms with Crippen molar-refractivity contribution in [2.45, 2.75) is 15.3 Å². The molecule has 1 heterocycles. The molecule has 2 aromatic carbocycles. The normalized spacial score (nSPS) is 12.0. The van der Waals surface area contributed by atoms with Crippen LogP contribution >= 0.6 is 34.7 Å². The van der Waals surface area contributed by atoms with Crippen LogP contribution in [0.5, 0.6) is 0 Å². The lowest BCUT2D eigenvalue weighted by atomic mass is 10.0. The second kappa shape index (κ2) is 8.22. The first kappa shape index (κ1) is 19.6. The summed E-state index contributed by atoms with van der Waals surface area (Å²) in [5.41, 5.74) is -0.343. The van der Waals surface area contributed by atoms with Crippen LogP contribution in [0.15, 0.2) is 69.8 Å². The van der Waals surface area contributed by atoms with Crippen molar-refractivity contribution < 1.29 is 13.2 Å². The van der Waals surface area contributed by atoms with Crippen molar-refractivity contribution in [3.05, 3.63) is 81.7 Å². The minimum Gasteiger partial charge on any atom is -0.192 e. The van der Waals surface area contributed by atoms with Gasteiger partial charge in [-0.25, -0.2) is 0 Å². The van der Waals surface area contributed by atoms with Crippen molar-refractivity contribution in [1.82, 2.24) is 0 Å². The summed E-state index contributed by atoms with van der Waals surface area (Å²) in [7, 11) is 0. The molecule has 0 N–H and O–H groups in total. The molecule has 0 unspecified atom stereocenters. The summed E-state index contributed by atoms with van der Waals surface area (Å²) in [5.74, 6) is 0. The summed E-state index contributed by atoms with van der Waals surface area (Å²) in [4.78, 5) is 1.82. The summed E-state index contributed by atoms with van der Waals surface area (Å²) in [6.07, 6.45) is -2.84. The first-order valence-electron chi connectivity index (χ1n) is 7.68. The predicted octanol–water partition coefficient (Wildman–Crippen LogP) is 7.64. The van der Waals surface area contributed by atoms with E-state index in [1.807, 2.05) is 30.3 Å². The third-order valence-electron chi connectivity index (χ3n) is 3.54. The Morgan fingerprint density at radius 2 is 1.81 bits per heavy atom. The zero-order chi connectivity index (χ0) is 19.4. The molecule has 0 aliphatic rings. The van der Waals surface area contributed by atoms with Crippen molar-refractivity contribution in [3.63, 3.8) is 0 Å². The molecule has 0 aliphatic carbocycles. The van der Waals surface area contributed by atoms with Crippen LogP contribution < -0.4 is 0 Å². The monoisotopic (exact) mass is 421 g/mol. The number of hydrogen-bond acceptors (Lipinski definition) is 3. The average Bonchev–Trinajstić information content (AvgIpc) is 3.08. The first-order valence-corrected chi connectivity index (χ1v) is 9.69. The summed E-state index contributed by atoms with van der Waals surface area (Å²) in [6, 6.07) is 18.0. The highest BCUT2D eigenvalue weighted by Crippen LogP contribution is 2.36. The molecule has 0 fully saturated rings. The molecule has 1 nitrogen and oxygen atoms in total. The number of benzene rings is 2. The van der Waals surface area contributed by atoms with Crippen LogP contribution in [0.3, 0.4) is 0 Å². The number of nitriles is 1. The molecular weight excluding hydrogens is 411 g/mol. The van der Waals surface area contributed by atoms with Crippen molar-refractivity contribution in [1.29, 1.82) is 5.26 Å². The summed E-state index contributed by atoms with van der Waals surface area (Å²) < 4.78 is 39.7. The smallest absolute Gasteiger partial charge is 0.192 e. The van der Waals surface area contributed by atoms with Gasteiger partial charge in [0.25, 0.3) is 0 Å². The maximum absolute atomic E-state index is 12.9. The lowest BCUT2D eigenvalue weighted by molar-refractivity contribution is -0.137. The number of alkyl halides is 3. The highest BCUT2D eigenvalue weighted by molar-refractivity contribution is 8.01. The Bertz CT molecular complexity index is 1010. The lowest BCUT2D eigenvalue weighted by Gasteiger charge is -2.08. The molecule has 0 amide bonds. The number of thiophene rings is 1. The number of hydrogen-bond donors (Lipinski definition) is 0. The maximum atomic E-state index is 12.9. The van der Waals surface area contributed by atoms with Gasteiger partial charge in [0.2, 0.25) is 0 Å². The molecule has 0 spiro atoms. The zero-order valence-electron chi connectivity index (χ0n) is 13.6. The van der Waals surface area contributed by atoms with Gasteiger partial charge in [-0.3, -0.25) is 0 Å². The van der Waals surface area contributed by atoms with Crippen molar-refractivity contribution in [3.8, 4) is 6.07 Å². The molecule has 27 heavy (non-hydrogen) atoms. The second-order valence-electron chi connectivity index (χ2n) is 5.46. The van der Waals surface area contributed by atoms with Gasteiger partial charge >= 0.3 is 6.18 Å². The number of halogens is 4. The third-order valence-corrected chi connectivity index (χ3v) is 5.97. The maximum Gasteiger partial charge on any atom is 0.416 e. The Morgan fingerprint density at radius 1 is 1.07 bits per heavy atom. The third kappa shape index (κ3) is 5.16. The lowest BCUT2D eigenvalue weighted by Crippen LogP contribution is -2.04. The molecule has 0 saturated carbocycles. The van der Waals surface area contributed by atoms with Gasteiger partial charge < -0.3 is 0 Å². The van der Waals surface area contributed by atoms with E-state index < -0.39 is 11.7 Å². The Balaban J connectivity index is 1.84. The molecule has 1 aromatic heterocycles. The molecule has 0 aliphatic heterocycles. The highest BCUT2D eigenvalue weighted by atomic mass is 35.5. The fraction of sp³-hybridized carbons (Fsp3) is 0.0500. The van der Waals surface area contributed by atoms with Crippen LogP contribution in [-0.4, -0.2) is 0 Å². The van der Waals surface area contributed by atoms with Gasteiger partial charge in [-0.1, -0.05) is 35.5 Å². The van der Waals surface area contributed by atoms with Crippen molar-refractivity contribution >= 4 is 46.3 Å². The van der Waals surface area contributed by atoms with Crippen LogP contribution in [0, 0.1) is 11.3 Å². The molecule has 136 valence electrons. The Hall–Kier alpha value is -2.20. The van der Waals surface area contributed by atoms with Gasteiger partial charge in [0, 0.05) is 14.8 Å². The van der Waals surface area contributed by atoms with Gasteiger partial charge in [0.1, 0.15) is 0 Å². The Morgan fingerprint density at radius 3 is 2.48 bits per heavy atom. The molecular formula is C20H11ClF3NS2.